The summed E-state index contributed by atoms with van der Waals surface area (Å²) in [4.78, 5) is 0. The summed E-state index contributed by atoms with van der Waals surface area (Å²) >= 11 is 5.95. The highest BCUT2D eigenvalue weighted by Gasteiger charge is 2.10. The third-order valence-corrected chi connectivity index (χ3v) is 2.72. The van der Waals surface area contributed by atoms with E-state index in [1.165, 1.54) is 0 Å². The average molecular weight is 267 g/mol. The Balaban J connectivity index is 2.04. The van der Waals surface area contributed by atoms with Gasteiger partial charge in [-0.05, 0) is 31.7 Å². The molecule has 1 heterocycles. The normalized spacial score (nSPS) is 12.4. The van der Waals surface area contributed by atoms with Crippen molar-refractivity contribution < 1.29 is 4.42 Å². The van der Waals surface area contributed by atoms with Crippen LogP contribution in [0.25, 0.3) is 0 Å². The fourth-order valence-corrected chi connectivity index (χ4v) is 1.78. The zero-order chi connectivity index (χ0) is 13.0. The molecule has 0 bridgehead atoms. The van der Waals surface area contributed by atoms with E-state index in [4.69, 9.17) is 16.0 Å². The summed E-state index contributed by atoms with van der Waals surface area (Å²) in [5, 5.41) is 14.6. The van der Waals surface area contributed by atoms with Crippen LogP contribution in [0.5, 0.6) is 0 Å². The van der Waals surface area contributed by atoms with Gasteiger partial charge in [-0.1, -0.05) is 28.8 Å². The predicted octanol–water partition coefficient (Wildman–Crippen LogP) is 2.62. The van der Waals surface area contributed by atoms with Gasteiger partial charge in [0.2, 0.25) is 5.89 Å². The van der Waals surface area contributed by atoms with E-state index in [0.717, 1.165) is 5.56 Å². The minimum atomic E-state index is 0.0478. The van der Waals surface area contributed by atoms with E-state index in [1.54, 1.807) is 0 Å². The van der Waals surface area contributed by atoms with Crippen molar-refractivity contribution >= 4 is 17.6 Å². The molecule has 0 aliphatic rings. The molecular formula is C12H15ClN4O. The van der Waals surface area contributed by atoms with Gasteiger partial charge in [0.1, 0.15) is 0 Å². The Morgan fingerprint density at radius 1 is 1.39 bits per heavy atom. The van der Waals surface area contributed by atoms with Gasteiger partial charge < -0.3 is 15.1 Å². The first-order valence-corrected chi connectivity index (χ1v) is 6.06. The van der Waals surface area contributed by atoms with Crippen molar-refractivity contribution in [2.24, 2.45) is 0 Å². The van der Waals surface area contributed by atoms with Crippen molar-refractivity contribution in [3.05, 3.63) is 40.7 Å². The summed E-state index contributed by atoms with van der Waals surface area (Å²) in [6.45, 7) is 2.56. The fourth-order valence-electron chi connectivity index (χ4n) is 1.58. The fraction of sp³-hybridized carbons (Fsp3) is 0.333. The van der Waals surface area contributed by atoms with Crippen LogP contribution < -0.4 is 10.6 Å². The number of aromatic nitrogens is 2. The van der Waals surface area contributed by atoms with Gasteiger partial charge in [-0.15, -0.1) is 5.10 Å². The van der Waals surface area contributed by atoms with Gasteiger partial charge in [0.15, 0.2) is 0 Å². The van der Waals surface area contributed by atoms with Gasteiger partial charge in [-0.2, -0.15) is 0 Å². The summed E-state index contributed by atoms with van der Waals surface area (Å²) in [6.07, 6.45) is 0. The number of rotatable bonds is 5. The molecule has 0 amide bonds. The minimum Gasteiger partial charge on any atom is -0.407 e. The molecule has 0 saturated heterocycles. The lowest BCUT2D eigenvalue weighted by atomic mass is 10.1. The summed E-state index contributed by atoms with van der Waals surface area (Å²) in [7, 11) is 1.83. The second-order valence-corrected chi connectivity index (χ2v) is 4.39. The second kappa shape index (κ2) is 5.84. The average Bonchev–Trinajstić information content (AvgIpc) is 2.77. The Morgan fingerprint density at radius 3 is 2.94 bits per heavy atom. The molecule has 18 heavy (non-hydrogen) atoms. The molecule has 1 aromatic carbocycles. The van der Waals surface area contributed by atoms with Gasteiger partial charge in [0.25, 0.3) is 0 Å². The summed E-state index contributed by atoms with van der Waals surface area (Å²) in [6, 6.07) is 8.11. The summed E-state index contributed by atoms with van der Waals surface area (Å²) in [5.41, 5.74) is 1.07. The van der Waals surface area contributed by atoms with Crippen LogP contribution in [0.15, 0.2) is 28.7 Å². The molecule has 1 unspecified atom stereocenters. The van der Waals surface area contributed by atoms with Crippen LogP contribution in [0, 0.1) is 0 Å². The van der Waals surface area contributed by atoms with Crippen LogP contribution in [-0.2, 0) is 6.54 Å². The van der Waals surface area contributed by atoms with Crippen molar-refractivity contribution in [3.8, 4) is 0 Å². The zero-order valence-corrected chi connectivity index (χ0v) is 11.0. The molecule has 2 rings (SSSR count). The maximum Gasteiger partial charge on any atom is 0.315 e. The third kappa shape index (κ3) is 3.21. The molecule has 0 radical (unpaired) electrons. The van der Waals surface area contributed by atoms with E-state index in [1.807, 2.05) is 38.2 Å². The highest BCUT2D eigenvalue weighted by molar-refractivity contribution is 6.30. The molecule has 5 nitrogen and oxygen atoms in total. The van der Waals surface area contributed by atoms with Crippen molar-refractivity contribution in [1.82, 2.24) is 15.5 Å². The number of anilines is 1. The van der Waals surface area contributed by atoms with Gasteiger partial charge in [-0.3, -0.25) is 0 Å². The third-order valence-electron chi connectivity index (χ3n) is 2.48. The molecule has 2 aromatic rings. The van der Waals surface area contributed by atoms with E-state index in [2.05, 4.69) is 20.8 Å². The number of hydrogen-bond acceptors (Lipinski definition) is 5. The van der Waals surface area contributed by atoms with E-state index < -0.39 is 0 Å². The standard InChI is InChI=1S/C12H15ClN4O/c1-8(9-4-3-5-10(13)6-9)15-12-17-16-11(18-12)7-14-2/h3-6,8,14H,7H2,1-2H3,(H,15,17). The van der Waals surface area contributed by atoms with Gasteiger partial charge >= 0.3 is 6.01 Å². The van der Waals surface area contributed by atoms with E-state index in [9.17, 15) is 0 Å². The highest BCUT2D eigenvalue weighted by atomic mass is 35.5. The molecule has 2 N–H and O–H groups in total. The smallest absolute Gasteiger partial charge is 0.315 e. The molecule has 0 saturated carbocycles. The Labute approximate surface area is 111 Å². The summed E-state index contributed by atoms with van der Waals surface area (Å²) < 4.78 is 5.42. The van der Waals surface area contributed by atoms with Gasteiger partial charge in [0, 0.05) is 5.02 Å². The number of nitrogens with one attached hydrogen (secondary N) is 2. The van der Waals surface area contributed by atoms with Crippen LogP contribution in [0.3, 0.4) is 0 Å². The van der Waals surface area contributed by atoms with Crippen LogP contribution in [-0.4, -0.2) is 17.2 Å². The molecule has 0 spiro atoms. The van der Waals surface area contributed by atoms with Crippen molar-refractivity contribution in [1.29, 1.82) is 0 Å². The topological polar surface area (TPSA) is 63.0 Å². The van der Waals surface area contributed by atoms with Crippen molar-refractivity contribution in [2.45, 2.75) is 19.5 Å². The molecule has 0 aliphatic heterocycles. The van der Waals surface area contributed by atoms with Crippen LogP contribution in [0.4, 0.5) is 6.01 Å². The predicted molar refractivity (Wildman–Crippen MR) is 70.6 cm³/mol. The lowest BCUT2D eigenvalue weighted by Gasteiger charge is -2.12. The van der Waals surface area contributed by atoms with Crippen molar-refractivity contribution in [2.75, 3.05) is 12.4 Å². The maximum absolute atomic E-state index is 5.95. The Morgan fingerprint density at radius 2 is 2.22 bits per heavy atom. The highest BCUT2D eigenvalue weighted by Crippen LogP contribution is 2.21. The number of hydrogen-bond donors (Lipinski definition) is 2. The van der Waals surface area contributed by atoms with E-state index in [-0.39, 0.29) is 6.04 Å². The van der Waals surface area contributed by atoms with Crippen LogP contribution in [0.2, 0.25) is 5.02 Å². The maximum atomic E-state index is 5.95. The molecule has 96 valence electrons. The van der Waals surface area contributed by atoms with E-state index >= 15 is 0 Å². The first-order valence-electron chi connectivity index (χ1n) is 5.68. The Kier molecular flexibility index (Phi) is 4.17. The second-order valence-electron chi connectivity index (χ2n) is 3.95. The quantitative estimate of drug-likeness (QED) is 0.871. The number of nitrogens with zero attached hydrogens (tertiary/aromatic N) is 2. The number of benzene rings is 1. The summed E-state index contributed by atoms with van der Waals surface area (Å²) in [5.74, 6) is 0.554. The SMILES string of the molecule is CNCc1nnc(NC(C)c2cccc(Cl)c2)o1. The molecule has 6 heteroatoms. The first-order chi connectivity index (χ1) is 8.69. The van der Waals surface area contributed by atoms with Gasteiger partial charge in [0.05, 0.1) is 12.6 Å². The van der Waals surface area contributed by atoms with Crippen molar-refractivity contribution in [3.63, 3.8) is 0 Å². The Hall–Kier alpha value is -1.59. The first kappa shape index (κ1) is 12.9. The molecule has 0 aliphatic carbocycles. The minimum absolute atomic E-state index is 0.0478. The largest absolute Gasteiger partial charge is 0.407 e. The lowest BCUT2D eigenvalue weighted by Crippen LogP contribution is -2.06. The van der Waals surface area contributed by atoms with Crippen LogP contribution in [0.1, 0.15) is 24.4 Å². The Bertz CT molecular complexity index is 514. The molecule has 0 fully saturated rings. The van der Waals surface area contributed by atoms with E-state index in [0.29, 0.717) is 23.5 Å². The lowest BCUT2D eigenvalue weighted by molar-refractivity contribution is 0.486. The molecule has 1 atom stereocenters. The monoisotopic (exact) mass is 266 g/mol. The molecular weight excluding hydrogens is 252 g/mol. The number of halogens is 1. The zero-order valence-electron chi connectivity index (χ0n) is 10.3. The van der Waals surface area contributed by atoms with Crippen LogP contribution >= 0.6 is 11.6 Å². The van der Waals surface area contributed by atoms with Gasteiger partial charge in [-0.25, -0.2) is 0 Å². The molecule has 1 aromatic heterocycles.